The van der Waals surface area contributed by atoms with Gasteiger partial charge in [0, 0.05) is 19.0 Å². The molecular weight excluding hydrogens is 292 g/mol. The smallest absolute Gasteiger partial charge is 0.233 e. The average Bonchev–Trinajstić information content (AvgIpc) is 2.80. The molecule has 3 rings (SSSR count). The summed E-state index contributed by atoms with van der Waals surface area (Å²) >= 11 is 0. The van der Waals surface area contributed by atoms with E-state index in [4.69, 9.17) is 0 Å². The lowest BCUT2D eigenvalue weighted by Gasteiger charge is -2.29. The summed E-state index contributed by atoms with van der Waals surface area (Å²) < 4.78 is 0. The van der Waals surface area contributed by atoms with Crippen molar-refractivity contribution >= 4 is 17.7 Å². The molecule has 0 spiro atoms. The molecule has 1 aliphatic heterocycles. The number of fused-ring (bicyclic) bond motifs is 1. The first-order valence-corrected chi connectivity index (χ1v) is 9.22. The van der Waals surface area contributed by atoms with Gasteiger partial charge in [0.1, 0.15) is 0 Å². The number of hydrogen-bond donors (Lipinski definition) is 1. The van der Waals surface area contributed by atoms with Crippen LogP contribution < -0.4 is 5.32 Å². The minimum Gasteiger partial charge on any atom is -0.353 e. The first-order valence-electron chi connectivity index (χ1n) is 9.22. The normalized spacial score (nSPS) is 34.4. The van der Waals surface area contributed by atoms with E-state index in [9.17, 15) is 14.4 Å². The van der Waals surface area contributed by atoms with Gasteiger partial charge >= 0.3 is 0 Å². The van der Waals surface area contributed by atoms with E-state index in [2.05, 4.69) is 12.2 Å². The van der Waals surface area contributed by atoms with Crippen molar-refractivity contribution in [3.05, 3.63) is 0 Å². The largest absolute Gasteiger partial charge is 0.353 e. The van der Waals surface area contributed by atoms with Crippen LogP contribution in [0.5, 0.6) is 0 Å². The van der Waals surface area contributed by atoms with Crippen LogP contribution in [0.4, 0.5) is 0 Å². The van der Waals surface area contributed by atoms with Gasteiger partial charge in [-0.1, -0.05) is 32.6 Å². The molecule has 3 amide bonds. The Labute approximate surface area is 138 Å². The van der Waals surface area contributed by atoms with E-state index in [0.717, 1.165) is 38.5 Å². The summed E-state index contributed by atoms with van der Waals surface area (Å²) in [6.07, 6.45) is 8.59. The molecule has 0 bridgehead atoms. The van der Waals surface area contributed by atoms with Crippen LogP contribution in [0.3, 0.4) is 0 Å². The van der Waals surface area contributed by atoms with Gasteiger partial charge in [-0.3, -0.25) is 19.3 Å². The van der Waals surface area contributed by atoms with Gasteiger partial charge in [0.05, 0.1) is 11.8 Å². The number of nitrogens with zero attached hydrogens (tertiary/aromatic N) is 1. The van der Waals surface area contributed by atoms with Crippen molar-refractivity contribution < 1.29 is 14.4 Å². The SMILES string of the molecule is C[C@H]1CCCC[C@H]1NC(=O)CCN1C(=O)[C@H]2CCCC[C@H]2C1=O. The Morgan fingerprint density at radius 2 is 1.57 bits per heavy atom. The van der Waals surface area contributed by atoms with Gasteiger partial charge in [-0.15, -0.1) is 0 Å². The molecule has 0 unspecified atom stereocenters. The Bertz CT molecular complexity index is 467. The van der Waals surface area contributed by atoms with Crippen LogP contribution in [0, 0.1) is 17.8 Å². The van der Waals surface area contributed by atoms with Gasteiger partial charge in [-0.2, -0.15) is 0 Å². The van der Waals surface area contributed by atoms with Gasteiger partial charge in [-0.05, 0) is 31.6 Å². The molecule has 23 heavy (non-hydrogen) atoms. The number of carbonyl (C=O) groups is 3. The van der Waals surface area contributed by atoms with Crippen LogP contribution in [0.2, 0.25) is 0 Å². The zero-order valence-electron chi connectivity index (χ0n) is 14.1. The molecule has 0 aromatic heterocycles. The maximum atomic E-state index is 12.4. The molecule has 2 aliphatic carbocycles. The zero-order chi connectivity index (χ0) is 16.4. The van der Waals surface area contributed by atoms with Crippen molar-refractivity contribution in [2.24, 2.45) is 17.8 Å². The van der Waals surface area contributed by atoms with Crippen molar-refractivity contribution in [2.75, 3.05) is 6.54 Å². The molecule has 1 N–H and O–H groups in total. The zero-order valence-corrected chi connectivity index (χ0v) is 14.1. The lowest BCUT2D eigenvalue weighted by Crippen LogP contribution is -2.42. The lowest BCUT2D eigenvalue weighted by atomic mass is 9.81. The lowest BCUT2D eigenvalue weighted by molar-refractivity contribution is -0.140. The summed E-state index contributed by atoms with van der Waals surface area (Å²) in [7, 11) is 0. The van der Waals surface area contributed by atoms with Crippen molar-refractivity contribution in [1.82, 2.24) is 10.2 Å². The maximum absolute atomic E-state index is 12.4. The monoisotopic (exact) mass is 320 g/mol. The van der Waals surface area contributed by atoms with E-state index < -0.39 is 0 Å². The molecule has 3 fully saturated rings. The number of carbonyl (C=O) groups excluding carboxylic acids is 3. The van der Waals surface area contributed by atoms with Crippen molar-refractivity contribution in [2.45, 2.75) is 70.8 Å². The quantitative estimate of drug-likeness (QED) is 0.808. The number of hydrogen-bond acceptors (Lipinski definition) is 3. The highest BCUT2D eigenvalue weighted by Crippen LogP contribution is 2.38. The second-order valence-corrected chi connectivity index (χ2v) is 7.51. The number of imide groups is 1. The Morgan fingerprint density at radius 1 is 1.00 bits per heavy atom. The Kier molecular flexibility index (Phi) is 5.02. The first kappa shape index (κ1) is 16.5. The fourth-order valence-corrected chi connectivity index (χ4v) is 4.47. The molecule has 5 heteroatoms. The molecule has 1 heterocycles. The van der Waals surface area contributed by atoms with E-state index in [0.29, 0.717) is 5.92 Å². The predicted molar refractivity (Wildman–Crippen MR) is 86.3 cm³/mol. The van der Waals surface area contributed by atoms with Gasteiger partial charge in [0.25, 0.3) is 0 Å². The number of nitrogens with one attached hydrogen (secondary N) is 1. The highest BCUT2D eigenvalue weighted by atomic mass is 16.2. The van der Waals surface area contributed by atoms with E-state index in [1.54, 1.807) is 0 Å². The van der Waals surface area contributed by atoms with Crippen LogP contribution in [-0.2, 0) is 14.4 Å². The van der Waals surface area contributed by atoms with Gasteiger partial charge in [0.2, 0.25) is 17.7 Å². The second-order valence-electron chi connectivity index (χ2n) is 7.51. The third-order valence-electron chi connectivity index (χ3n) is 5.95. The van der Waals surface area contributed by atoms with E-state index >= 15 is 0 Å². The van der Waals surface area contributed by atoms with E-state index in [1.807, 2.05) is 0 Å². The first-order chi connectivity index (χ1) is 11.1. The number of amides is 3. The minimum absolute atomic E-state index is 0.0285. The maximum Gasteiger partial charge on any atom is 0.233 e. The summed E-state index contributed by atoms with van der Waals surface area (Å²) in [5.41, 5.74) is 0. The number of likely N-dealkylation sites (tertiary alicyclic amines) is 1. The molecule has 2 saturated carbocycles. The highest BCUT2D eigenvalue weighted by molar-refractivity contribution is 6.05. The van der Waals surface area contributed by atoms with Crippen molar-refractivity contribution in [3.63, 3.8) is 0 Å². The molecular formula is C18H28N2O3. The van der Waals surface area contributed by atoms with Gasteiger partial charge < -0.3 is 5.32 Å². The summed E-state index contributed by atoms with van der Waals surface area (Å²) in [6.45, 7) is 2.43. The van der Waals surface area contributed by atoms with Crippen LogP contribution in [0.25, 0.3) is 0 Å². The Morgan fingerprint density at radius 3 is 2.17 bits per heavy atom. The van der Waals surface area contributed by atoms with Crippen molar-refractivity contribution in [3.8, 4) is 0 Å². The van der Waals surface area contributed by atoms with Crippen LogP contribution >= 0.6 is 0 Å². The Hall–Kier alpha value is -1.39. The fourth-order valence-electron chi connectivity index (χ4n) is 4.47. The molecule has 5 nitrogen and oxygen atoms in total. The minimum atomic E-state index is -0.113. The summed E-state index contributed by atoms with van der Waals surface area (Å²) in [5, 5.41) is 3.10. The third-order valence-corrected chi connectivity index (χ3v) is 5.95. The summed E-state index contributed by atoms with van der Waals surface area (Å²) in [5.74, 6) is 0.178. The number of rotatable bonds is 4. The van der Waals surface area contributed by atoms with Gasteiger partial charge in [0.15, 0.2) is 0 Å². The Balaban J connectivity index is 1.50. The van der Waals surface area contributed by atoms with Crippen LogP contribution in [0.1, 0.15) is 64.7 Å². The summed E-state index contributed by atoms with van der Waals surface area (Å²) in [6, 6.07) is 0.254. The molecule has 128 valence electrons. The topological polar surface area (TPSA) is 66.5 Å². The van der Waals surface area contributed by atoms with Gasteiger partial charge in [-0.25, -0.2) is 0 Å². The molecule has 0 radical (unpaired) electrons. The summed E-state index contributed by atoms with van der Waals surface area (Å²) in [4.78, 5) is 38.3. The molecule has 0 aromatic carbocycles. The van der Waals surface area contributed by atoms with Crippen LogP contribution in [0.15, 0.2) is 0 Å². The fraction of sp³-hybridized carbons (Fsp3) is 0.833. The average molecular weight is 320 g/mol. The second kappa shape index (κ2) is 7.02. The highest BCUT2D eigenvalue weighted by Gasteiger charge is 2.47. The molecule has 1 saturated heterocycles. The molecule has 3 aliphatic rings. The van der Waals surface area contributed by atoms with Crippen molar-refractivity contribution in [1.29, 1.82) is 0 Å². The molecule has 0 aromatic rings. The predicted octanol–water partition coefficient (Wildman–Crippen LogP) is 2.25. The van der Waals surface area contributed by atoms with Crippen LogP contribution in [-0.4, -0.2) is 35.2 Å². The third kappa shape index (κ3) is 3.43. The van der Waals surface area contributed by atoms with E-state index in [1.165, 1.54) is 17.7 Å². The molecule has 4 atom stereocenters. The van der Waals surface area contributed by atoms with E-state index in [-0.39, 0.29) is 48.6 Å². The standard InChI is InChI=1S/C18H28N2O3/c1-12-6-2-5-9-15(12)19-16(21)10-11-20-17(22)13-7-3-4-8-14(13)18(20)23/h12-15H,2-11H2,1H3,(H,19,21)/t12-,13-,14+,15+/m0/s1.